The first-order valence-electron chi connectivity index (χ1n) is 16.9. The quantitative estimate of drug-likeness (QED) is 0.0473. The van der Waals surface area contributed by atoms with Crippen molar-refractivity contribution in [3.05, 3.63) is 119 Å². The normalized spacial score (nSPS) is 11.0. The zero-order valence-electron chi connectivity index (χ0n) is 29.6. The van der Waals surface area contributed by atoms with Gasteiger partial charge in [-0.25, -0.2) is 0 Å². The largest absolute Gasteiger partial charge is 0.376 e. The summed E-state index contributed by atoms with van der Waals surface area (Å²) in [6.45, 7) is 2.09. The molecule has 0 aliphatic carbocycles. The molecule has 6 aromatic rings. The number of anilines is 10. The van der Waals surface area contributed by atoms with Crippen molar-refractivity contribution < 1.29 is 20.4 Å². The SMILES string of the molecule is Cc1cc(Nc2nc(Nc3ccccc3)nc(N(CO)CO)n2)ccc1C=Cc1ccc(Nc2nc(Nc3ccccc3)nc(N(CO)CO)n2)cc1C. The molecule has 0 bridgehead atoms. The van der Waals surface area contributed by atoms with Gasteiger partial charge in [0.05, 0.1) is 0 Å². The van der Waals surface area contributed by atoms with Gasteiger partial charge in [-0.3, -0.25) is 9.80 Å². The molecule has 16 heteroatoms. The van der Waals surface area contributed by atoms with E-state index in [9.17, 15) is 20.4 Å². The molecule has 0 aliphatic rings. The van der Waals surface area contributed by atoms with Gasteiger partial charge >= 0.3 is 0 Å². The van der Waals surface area contributed by atoms with Gasteiger partial charge in [0.2, 0.25) is 35.7 Å². The maximum atomic E-state index is 9.71. The van der Waals surface area contributed by atoms with Crippen LogP contribution >= 0.6 is 0 Å². The molecule has 0 amide bonds. The Bertz CT molecular complexity index is 2030. The molecule has 0 radical (unpaired) electrons. The van der Waals surface area contributed by atoms with Gasteiger partial charge in [-0.05, 0) is 84.6 Å². The Morgan fingerprint density at radius 2 is 0.778 bits per heavy atom. The molecule has 4 aromatic carbocycles. The number of nitrogens with zero attached hydrogens (tertiary/aromatic N) is 8. The van der Waals surface area contributed by atoms with Crippen LogP contribution in [0, 0.1) is 13.8 Å². The van der Waals surface area contributed by atoms with Crippen molar-refractivity contribution in [2.24, 2.45) is 0 Å². The van der Waals surface area contributed by atoms with Crippen molar-refractivity contribution in [2.75, 3.05) is 58.0 Å². The summed E-state index contributed by atoms with van der Waals surface area (Å²) in [6, 6.07) is 30.6. The molecule has 16 nitrogen and oxygen atoms in total. The summed E-state index contributed by atoms with van der Waals surface area (Å²) in [6.07, 6.45) is 4.08. The van der Waals surface area contributed by atoms with Crippen LogP contribution < -0.4 is 31.1 Å². The highest BCUT2D eigenvalue weighted by atomic mass is 16.3. The van der Waals surface area contributed by atoms with Crippen LogP contribution in [0.2, 0.25) is 0 Å². The van der Waals surface area contributed by atoms with Crippen LogP contribution in [0.15, 0.2) is 97.1 Å². The minimum atomic E-state index is -0.479. The van der Waals surface area contributed by atoms with Gasteiger partial charge in [0, 0.05) is 22.7 Å². The van der Waals surface area contributed by atoms with Crippen LogP contribution in [-0.4, -0.2) is 77.3 Å². The predicted molar refractivity (Wildman–Crippen MR) is 210 cm³/mol. The fourth-order valence-electron chi connectivity index (χ4n) is 5.20. The smallest absolute Gasteiger partial charge is 0.235 e. The maximum Gasteiger partial charge on any atom is 0.235 e. The van der Waals surface area contributed by atoms with E-state index in [1.807, 2.05) is 123 Å². The third-order valence-corrected chi connectivity index (χ3v) is 8.05. The lowest BCUT2D eigenvalue weighted by atomic mass is 10.0. The number of aryl methyl sites for hydroxylation is 2. The van der Waals surface area contributed by atoms with Gasteiger partial charge in [-0.1, -0.05) is 60.7 Å². The van der Waals surface area contributed by atoms with Crippen molar-refractivity contribution in [1.29, 1.82) is 0 Å². The first kappa shape index (κ1) is 37.1. The van der Waals surface area contributed by atoms with E-state index < -0.39 is 26.9 Å². The van der Waals surface area contributed by atoms with Crippen LogP contribution in [0.5, 0.6) is 0 Å². The Labute approximate surface area is 311 Å². The standard InChI is InChI=1S/C38H40N12O4/c1-25-19-31(41-35-43-33(39-29-9-5-3-6-10-29)45-37(47-35)49(21-51)22-52)17-15-27(25)13-14-28-16-18-32(20-26(28)2)42-36-44-34(40-30-11-7-4-8-12-30)46-38(48-36)50(23-53)24-54/h3-20,51-54H,21-24H2,1-2H3,(H2,39,41,43,45,47)(H2,40,42,44,46,48). The molecule has 2 aromatic heterocycles. The molecule has 0 saturated carbocycles. The maximum absolute atomic E-state index is 9.71. The predicted octanol–water partition coefficient (Wildman–Crippen LogP) is 5.23. The summed E-state index contributed by atoms with van der Waals surface area (Å²) >= 11 is 0. The third kappa shape index (κ3) is 9.58. The topological polar surface area (TPSA) is 213 Å². The van der Waals surface area contributed by atoms with Gasteiger partial charge in [0.15, 0.2) is 0 Å². The first-order valence-corrected chi connectivity index (χ1v) is 16.9. The highest BCUT2D eigenvalue weighted by Gasteiger charge is 2.15. The van der Waals surface area contributed by atoms with E-state index in [1.165, 1.54) is 9.80 Å². The highest BCUT2D eigenvalue weighted by Crippen LogP contribution is 2.26. The average Bonchev–Trinajstić information content (AvgIpc) is 3.17. The molecule has 8 N–H and O–H groups in total. The number of rotatable bonds is 16. The monoisotopic (exact) mass is 728 g/mol. The van der Waals surface area contributed by atoms with E-state index >= 15 is 0 Å². The molecule has 0 aliphatic heterocycles. The lowest BCUT2D eigenvalue weighted by molar-refractivity contribution is 0.220. The average molecular weight is 729 g/mol. The second kappa shape index (κ2) is 17.7. The minimum Gasteiger partial charge on any atom is -0.376 e. The molecule has 0 fully saturated rings. The summed E-state index contributed by atoms with van der Waals surface area (Å²) in [5.74, 6) is 1.14. The molecule has 0 saturated heterocycles. The molecule has 2 heterocycles. The van der Waals surface area contributed by atoms with E-state index in [1.54, 1.807) is 0 Å². The summed E-state index contributed by atoms with van der Waals surface area (Å²) in [4.78, 5) is 28.9. The number of aromatic nitrogens is 6. The molecule has 0 spiro atoms. The summed E-state index contributed by atoms with van der Waals surface area (Å²) in [7, 11) is 0. The Hall–Kier alpha value is -6.72. The van der Waals surface area contributed by atoms with Crippen molar-refractivity contribution in [1.82, 2.24) is 29.9 Å². The van der Waals surface area contributed by atoms with Gasteiger partial charge < -0.3 is 41.7 Å². The number of para-hydroxylation sites is 2. The molecule has 6 rings (SSSR count). The van der Waals surface area contributed by atoms with E-state index in [0.717, 1.165) is 45.0 Å². The van der Waals surface area contributed by atoms with E-state index in [-0.39, 0.29) is 35.7 Å². The number of benzene rings is 4. The van der Waals surface area contributed by atoms with Crippen LogP contribution in [0.25, 0.3) is 12.2 Å². The molecule has 54 heavy (non-hydrogen) atoms. The summed E-state index contributed by atoms with van der Waals surface area (Å²) < 4.78 is 0. The van der Waals surface area contributed by atoms with Gasteiger partial charge in [0.25, 0.3) is 0 Å². The summed E-state index contributed by atoms with van der Waals surface area (Å²) in [5.41, 5.74) is 7.03. The van der Waals surface area contributed by atoms with E-state index in [2.05, 4.69) is 51.2 Å². The number of nitrogens with one attached hydrogen (secondary N) is 4. The molecule has 0 atom stereocenters. The Morgan fingerprint density at radius 1 is 0.444 bits per heavy atom. The van der Waals surface area contributed by atoms with E-state index in [0.29, 0.717) is 0 Å². The van der Waals surface area contributed by atoms with Crippen LogP contribution in [0.3, 0.4) is 0 Å². The van der Waals surface area contributed by atoms with Crippen molar-refractivity contribution >= 4 is 70.6 Å². The van der Waals surface area contributed by atoms with Gasteiger partial charge in [0.1, 0.15) is 26.9 Å². The first-order chi connectivity index (χ1) is 26.3. The molecule has 276 valence electrons. The lowest BCUT2D eigenvalue weighted by Crippen LogP contribution is -2.27. The van der Waals surface area contributed by atoms with Gasteiger partial charge in [-0.15, -0.1) is 0 Å². The van der Waals surface area contributed by atoms with Crippen LogP contribution in [0.4, 0.5) is 58.4 Å². The highest BCUT2D eigenvalue weighted by molar-refractivity contribution is 5.75. The minimum absolute atomic E-state index is 0.0988. The number of hydrogen-bond donors (Lipinski definition) is 8. The number of hydrogen-bond acceptors (Lipinski definition) is 16. The van der Waals surface area contributed by atoms with Gasteiger partial charge in [-0.2, -0.15) is 29.9 Å². The zero-order chi connectivity index (χ0) is 37.9. The Kier molecular flexibility index (Phi) is 12.1. The second-order valence-electron chi connectivity index (χ2n) is 11.9. The molecular weight excluding hydrogens is 688 g/mol. The molecular formula is C38H40N12O4. The lowest BCUT2D eigenvalue weighted by Gasteiger charge is -2.18. The Morgan fingerprint density at radius 3 is 1.09 bits per heavy atom. The zero-order valence-corrected chi connectivity index (χ0v) is 29.6. The van der Waals surface area contributed by atoms with Crippen molar-refractivity contribution in [2.45, 2.75) is 13.8 Å². The third-order valence-electron chi connectivity index (χ3n) is 8.05. The number of aliphatic hydroxyl groups is 4. The van der Waals surface area contributed by atoms with E-state index in [4.69, 9.17) is 0 Å². The van der Waals surface area contributed by atoms with Crippen LogP contribution in [-0.2, 0) is 0 Å². The molecule has 0 unspecified atom stereocenters. The second-order valence-corrected chi connectivity index (χ2v) is 11.9. The fourth-order valence-corrected chi connectivity index (χ4v) is 5.20. The summed E-state index contributed by atoms with van der Waals surface area (Å²) in [5, 5.41) is 51.5. The Balaban J connectivity index is 1.16. The fraction of sp³-hybridized carbons (Fsp3) is 0.158. The van der Waals surface area contributed by atoms with Crippen molar-refractivity contribution in [3.8, 4) is 0 Å². The number of aliphatic hydroxyl groups excluding tert-OH is 4. The van der Waals surface area contributed by atoms with Crippen LogP contribution in [0.1, 0.15) is 22.3 Å². The van der Waals surface area contributed by atoms with Crippen molar-refractivity contribution in [3.63, 3.8) is 0 Å².